The monoisotopic (exact) mass is 329 g/mol. The van der Waals surface area contributed by atoms with Gasteiger partial charge >= 0.3 is 0 Å². The van der Waals surface area contributed by atoms with E-state index in [0.29, 0.717) is 28.6 Å². The van der Waals surface area contributed by atoms with Crippen LogP contribution in [0.1, 0.15) is 36.2 Å². The topological polar surface area (TPSA) is 72.7 Å². The van der Waals surface area contributed by atoms with Crippen molar-refractivity contribution >= 4 is 28.4 Å². The summed E-state index contributed by atoms with van der Waals surface area (Å²) in [5.74, 6) is 0.435. The summed E-state index contributed by atoms with van der Waals surface area (Å²) < 4.78 is 1.75. The number of benzene rings is 1. The van der Waals surface area contributed by atoms with Crippen molar-refractivity contribution in [1.82, 2.24) is 25.1 Å². The molecule has 1 N–H and O–H groups in total. The average molecular weight is 330 g/mol. The Morgan fingerprint density at radius 2 is 2.17 bits per heavy atom. The minimum Gasteiger partial charge on any atom is -0.341 e. The summed E-state index contributed by atoms with van der Waals surface area (Å²) in [5.41, 5.74) is 0.936. The van der Waals surface area contributed by atoms with Crippen LogP contribution in [-0.2, 0) is 6.54 Å². The average Bonchev–Trinajstić information content (AvgIpc) is 3.03. The molecule has 0 aliphatic heterocycles. The van der Waals surface area contributed by atoms with Gasteiger partial charge in [-0.25, -0.2) is 14.6 Å². The zero-order valence-electron chi connectivity index (χ0n) is 12.8. The third-order valence-electron chi connectivity index (χ3n) is 3.58. The SMILES string of the molecule is CCn1ncnc1C(C)NC(=O)c1ccc2cccc(Cl)c2n1. The summed E-state index contributed by atoms with van der Waals surface area (Å²) in [7, 11) is 0. The summed E-state index contributed by atoms with van der Waals surface area (Å²) >= 11 is 6.14. The quantitative estimate of drug-likeness (QED) is 0.798. The van der Waals surface area contributed by atoms with Gasteiger partial charge in [0.25, 0.3) is 5.91 Å². The highest BCUT2D eigenvalue weighted by atomic mass is 35.5. The number of rotatable bonds is 4. The predicted octanol–water partition coefficient (Wildman–Crippen LogP) is 2.99. The lowest BCUT2D eigenvalue weighted by Gasteiger charge is -2.14. The number of nitrogens with zero attached hydrogens (tertiary/aromatic N) is 4. The van der Waals surface area contributed by atoms with Gasteiger partial charge in [0.15, 0.2) is 0 Å². The Morgan fingerprint density at radius 3 is 2.96 bits per heavy atom. The molecule has 3 aromatic rings. The molecule has 23 heavy (non-hydrogen) atoms. The number of halogens is 1. The van der Waals surface area contributed by atoms with Gasteiger partial charge in [-0.1, -0.05) is 29.8 Å². The molecule has 7 heteroatoms. The van der Waals surface area contributed by atoms with Gasteiger partial charge in [0.05, 0.1) is 16.6 Å². The maximum atomic E-state index is 12.4. The standard InChI is InChI=1S/C16H16ClN5O/c1-3-22-15(18-9-19-22)10(2)20-16(23)13-8-7-11-5-4-6-12(17)14(11)21-13/h4-10H,3H2,1-2H3,(H,20,23). The Balaban J connectivity index is 1.84. The van der Waals surface area contributed by atoms with E-state index < -0.39 is 0 Å². The van der Waals surface area contributed by atoms with Gasteiger partial charge in [-0.2, -0.15) is 5.10 Å². The number of amides is 1. The van der Waals surface area contributed by atoms with Gasteiger partial charge in [0.2, 0.25) is 0 Å². The highest BCUT2D eigenvalue weighted by Crippen LogP contribution is 2.21. The van der Waals surface area contributed by atoms with E-state index in [4.69, 9.17) is 11.6 Å². The number of hydrogen-bond acceptors (Lipinski definition) is 4. The smallest absolute Gasteiger partial charge is 0.270 e. The van der Waals surface area contributed by atoms with E-state index in [2.05, 4.69) is 20.4 Å². The molecule has 0 bridgehead atoms. The van der Waals surface area contributed by atoms with Crippen LogP contribution < -0.4 is 5.32 Å². The number of nitrogens with one attached hydrogen (secondary N) is 1. The Morgan fingerprint density at radius 1 is 1.35 bits per heavy atom. The van der Waals surface area contributed by atoms with Crippen molar-refractivity contribution in [2.45, 2.75) is 26.4 Å². The molecular formula is C16H16ClN5O. The minimum absolute atomic E-state index is 0.270. The van der Waals surface area contributed by atoms with E-state index >= 15 is 0 Å². The first-order chi connectivity index (χ1) is 11.1. The number of fused-ring (bicyclic) bond motifs is 1. The first-order valence-electron chi connectivity index (χ1n) is 7.34. The number of para-hydroxylation sites is 1. The van der Waals surface area contributed by atoms with Crippen molar-refractivity contribution in [3.63, 3.8) is 0 Å². The predicted molar refractivity (Wildman–Crippen MR) is 88.3 cm³/mol. The van der Waals surface area contributed by atoms with Gasteiger partial charge < -0.3 is 5.32 Å². The third kappa shape index (κ3) is 3.03. The second-order valence-electron chi connectivity index (χ2n) is 5.14. The van der Waals surface area contributed by atoms with E-state index in [-0.39, 0.29) is 11.9 Å². The van der Waals surface area contributed by atoms with E-state index in [9.17, 15) is 4.79 Å². The molecule has 6 nitrogen and oxygen atoms in total. The van der Waals surface area contributed by atoms with Crippen molar-refractivity contribution in [2.24, 2.45) is 0 Å². The number of pyridine rings is 1. The lowest BCUT2D eigenvalue weighted by atomic mass is 10.2. The zero-order chi connectivity index (χ0) is 16.4. The van der Waals surface area contributed by atoms with Gasteiger partial charge in [-0.05, 0) is 26.0 Å². The number of hydrogen-bond donors (Lipinski definition) is 1. The molecule has 0 radical (unpaired) electrons. The second-order valence-corrected chi connectivity index (χ2v) is 5.54. The maximum absolute atomic E-state index is 12.4. The summed E-state index contributed by atoms with van der Waals surface area (Å²) in [6.07, 6.45) is 1.48. The Hall–Kier alpha value is -2.47. The maximum Gasteiger partial charge on any atom is 0.270 e. The first-order valence-corrected chi connectivity index (χ1v) is 7.71. The van der Waals surface area contributed by atoms with E-state index in [1.807, 2.05) is 32.0 Å². The molecule has 1 unspecified atom stereocenters. The van der Waals surface area contributed by atoms with Crippen LogP contribution in [0.25, 0.3) is 10.9 Å². The van der Waals surface area contributed by atoms with Gasteiger partial charge in [-0.3, -0.25) is 4.79 Å². The molecule has 0 saturated carbocycles. The Bertz CT molecular complexity index is 861. The number of aromatic nitrogens is 4. The molecule has 2 heterocycles. The molecule has 0 aliphatic rings. The zero-order valence-corrected chi connectivity index (χ0v) is 13.6. The van der Waals surface area contributed by atoms with E-state index in [1.165, 1.54) is 6.33 Å². The molecule has 0 spiro atoms. The van der Waals surface area contributed by atoms with Crippen LogP contribution in [-0.4, -0.2) is 25.7 Å². The largest absolute Gasteiger partial charge is 0.341 e. The lowest BCUT2D eigenvalue weighted by Crippen LogP contribution is -2.29. The fraction of sp³-hybridized carbons (Fsp3) is 0.250. The minimum atomic E-state index is -0.273. The molecular weight excluding hydrogens is 314 g/mol. The molecule has 0 saturated heterocycles. The molecule has 0 aliphatic carbocycles. The van der Waals surface area contributed by atoms with E-state index in [0.717, 1.165) is 5.39 Å². The molecule has 3 rings (SSSR count). The highest BCUT2D eigenvalue weighted by Gasteiger charge is 2.17. The van der Waals surface area contributed by atoms with Crippen molar-refractivity contribution in [3.05, 3.63) is 53.2 Å². The van der Waals surface area contributed by atoms with Crippen LogP contribution in [0.15, 0.2) is 36.7 Å². The fourth-order valence-electron chi connectivity index (χ4n) is 2.42. The lowest BCUT2D eigenvalue weighted by molar-refractivity contribution is 0.0933. The number of carbonyl (C=O) groups is 1. The molecule has 1 atom stereocenters. The van der Waals surface area contributed by atoms with Crippen LogP contribution in [0.4, 0.5) is 0 Å². The molecule has 0 fully saturated rings. The van der Waals surface area contributed by atoms with Gasteiger partial charge in [0, 0.05) is 11.9 Å². The molecule has 118 valence electrons. The van der Waals surface area contributed by atoms with Crippen molar-refractivity contribution in [1.29, 1.82) is 0 Å². The van der Waals surface area contributed by atoms with Gasteiger partial charge in [0.1, 0.15) is 17.8 Å². The highest BCUT2D eigenvalue weighted by molar-refractivity contribution is 6.35. The van der Waals surface area contributed by atoms with Crippen molar-refractivity contribution < 1.29 is 4.79 Å². The fourth-order valence-corrected chi connectivity index (χ4v) is 2.65. The van der Waals surface area contributed by atoms with Crippen LogP contribution in [0.5, 0.6) is 0 Å². The van der Waals surface area contributed by atoms with Crippen molar-refractivity contribution in [3.8, 4) is 0 Å². The normalized spacial score (nSPS) is 12.3. The number of carbonyl (C=O) groups excluding carboxylic acids is 1. The summed E-state index contributed by atoms with van der Waals surface area (Å²) in [6.45, 7) is 4.53. The summed E-state index contributed by atoms with van der Waals surface area (Å²) in [6, 6.07) is 8.76. The second kappa shape index (κ2) is 6.34. The number of aryl methyl sites for hydroxylation is 1. The third-order valence-corrected chi connectivity index (χ3v) is 3.89. The van der Waals surface area contributed by atoms with Crippen LogP contribution >= 0.6 is 11.6 Å². The molecule has 1 aromatic carbocycles. The first kappa shape index (κ1) is 15.4. The van der Waals surface area contributed by atoms with Crippen LogP contribution in [0.3, 0.4) is 0 Å². The molecule has 1 amide bonds. The van der Waals surface area contributed by atoms with E-state index in [1.54, 1.807) is 16.8 Å². The summed E-state index contributed by atoms with van der Waals surface area (Å²) in [4.78, 5) is 21.0. The molecule has 2 aromatic heterocycles. The summed E-state index contributed by atoms with van der Waals surface area (Å²) in [5, 5.41) is 8.42. The van der Waals surface area contributed by atoms with Crippen molar-refractivity contribution in [2.75, 3.05) is 0 Å². The Kier molecular flexibility index (Phi) is 4.25. The van der Waals surface area contributed by atoms with Crippen LogP contribution in [0, 0.1) is 0 Å². The van der Waals surface area contributed by atoms with Crippen LogP contribution in [0.2, 0.25) is 5.02 Å². The Labute approximate surface area is 138 Å². The van der Waals surface area contributed by atoms with Gasteiger partial charge in [-0.15, -0.1) is 0 Å².